The van der Waals surface area contributed by atoms with Gasteiger partial charge in [0.25, 0.3) is 5.91 Å². The Bertz CT molecular complexity index is 491. The van der Waals surface area contributed by atoms with E-state index < -0.39 is 0 Å². The molecule has 0 spiro atoms. The van der Waals surface area contributed by atoms with Crippen molar-refractivity contribution < 1.29 is 18.7 Å². The van der Waals surface area contributed by atoms with Crippen molar-refractivity contribution in [3.8, 4) is 0 Å². The van der Waals surface area contributed by atoms with Gasteiger partial charge >= 0.3 is 0 Å². The minimum Gasteiger partial charge on any atom is -0.459 e. The van der Waals surface area contributed by atoms with Crippen LogP contribution in [0.2, 0.25) is 0 Å². The van der Waals surface area contributed by atoms with Gasteiger partial charge in [-0.2, -0.15) is 0 Å². The van der Waals surface area contributed by atoms with Crippen LogP contribution in [-0.4, -0.2) is 49.1 Å². The standard InChI is InChI=1S/C17H26N2O4/c1-13(2)12-22-11-7-16(20)18-14-5-8-19(9-6-14)17(21)15-4-3-10-23-15/h3-4,10,13-14H,5-9,11-12H2,1-2H3,(H,18,20). The van der Waals surface area contributed by atoms with Crippen molar-refractivity contribution in [2.45, 2.75) is 39.2 Å². The first kappa shape index (κ1) is 17.5. The lowest BCUT2D eigenvalue weighted by Gasteiger charge is -2.31. The molecule has 0 saturated carbocycles. The van der Waals surface area contributed by atoms with Crippen LogP contribution in [0.15, 0.2) is 22.8 Å². The summed E-state index contributed by atoms with van der Waals surface area (Å²) in [5.41, 5.74) is 0. The van der Waals surface area contributed by atoms with Gasteiger partial charge in [-0.05, 0) is 30.9 Å². The normalized spacial score (nSPS) is 15.9. The van der Waals surface area contributed by atoms with E-state index in [2.05, 4.69) is 19.2 Å². The molecule has 2 heterocycles. The first-order valence-electron chi connectivity index (χ1n) is 8.26. The number of piperidine rings is 1. The molecule has 1 aromatic rings. The molecule has 0 aliphatic carbocycles. The number of ether oxygens (including phenoxy) is 1. The van der Waals surface area contributed by atoms with E-state index in [9.17, 15) is 9.59 Å². The second-order valence-corrected chi connectivity index (χ2v) is 6.33. The molecule has 1 saturated heterocycles. The van der Waals surface area contributed by atoms with Crippen molar-refractivity contribution in [2.24, 2.45) is 5.92 Å². The van der Waals surface area contributed by atoms with Crippen molar-refractivity contribution in [1.29, 1.82) is 0 Å². The summed E-state index contributed by atoms with van der Waals surface area (Å²) >= 11 is 0. The van der Waals surface area contributed by atoms with Crippen LogP contribution in [-0.2, 0) is 9.53 Å². The molecule has 0 radical (unpaired) electrons. The van der Waals surface area contributed by atoms with Crippen LogP contribution < -0.4 is 5.32 Å². The third-order valence-electron chi connectivity index (χ3n) is 3.80. The second kappa shape index (κ2) is 8.72. The van der Waals surface area contributed by atoms with Gasteiger partial charge in [0.1, 0.15) is 0 Å². The predicted molar refractivity (Wildman–Crippen MR) is 86.1 cm³/mol. The molecule has 0 bridgehead atoms. The quantitative estimate of drug-likeness (QED) is 0.780. The average Bonchev–Trinajstić information content (AvgIpc) is 3.06. The Balaban J connectivity index is 1.64. The van der Waals surface area contributed by atoms with Gasteiger partial charge in [0.05, 0.1) is 12.9 Å². The third-order valence-corrected chi connectivity index (χ3v) is 3.80. The fraction of sp³-hybridized carbons (Fsp3) is 0.647. The zero-order valence-corrected chi connectivity index (χ0v) is 13.9. The fourth-order valence-electron chi connectivity index (χ4n) is 2.57. The Hall–Kier alpha value is -1.82. The largest absolute Gasteiger partial charge is 0.459 e. The first-order valence-corrected chi connectivity index (χ1v) is 8.26. The SMILES string of the molecule is CC(C)COCCC(=O)NC1CCN(C(=O)c2ccco2)CC1. The highest BCUT2D eigenvalue weighted by Crippen LogP contribution is 2.14. The van der Waals surface area contributed by atoms with E-state index in [0.29, 0.717) is 44.4 Å². The number of furan rings is 1. The summed E-state index contributed by atoms with van der Waals surface area (Å²) in [6.07, 6.45) is 3.43. The fourth-order valence-corrected chi connectivity index (χ4v) is 2.57. The van der Waals surface area contributed by atoms with E-state index in [1.54, 1.807) is 17.0 Å². The predicted octanol–water partition coefficient (Wildman–Crippen LogP) is 2.06. The Morgan fingerprint density at radius 3 is 2.74 bits per heavy atom. The number of hydrogen-bond acceptors (Lipinski definition) is 4. The van der Waals surface area contributed by atoms with Gasteiger partial charge in [-0.15, -0.1) is 0 Å². The van der Waals surface area contributed by atoms with Gasteiger partial charge in [0.2, 0.25) is 5.91 Å². The van der Waals surface area contributed by atoms with Gasteiger partial charge in [-0.1, -0.05) is 13.8 Å². The average molecular weight is 322 g/mol. The van der Waals surface area contributed by atoms with Crippen molar-refractivity contribution in [1.82, 2.24) is 10.2 Å². The molecular formula is C17H26N2O4. The zero-order chi connectivity index (χ0) is 16.7. The highest BCUT2D eigenvalue weighted by atomic mass is 16.5. The van der Waals surface area contributed by atoms with E-state index in [4.69, 9.17) is 9.15 Å². The van der Waals surface area contributed by atoms with Crippen molar-refractivity contribution in [3.05, 3.63) is 24.2 Å². The monoisotopic (exact) mass is 322 g/mol. The minimum absolute atomic E-state index is 0.0181. The van der Waals surface area contributed by atoms with Crippen LogP contribution in [0, 0.1) is 5.92 Å². The number of nitrogens with one attached hydrogen (secondary N) is 1. The minimum atomic E-state index is -0.0816. The third kappa shape index (κ3) is 5.71. The summed E-state index contributed by atoms with van der Waals surface area (Å²) in [6, 6.07) is 3.52. The molecule has 1 aliphatic rings. The highest BCUT2D eigenvalue weighted by molar-refractivity contribution is 5.91. The summed E-state index contributed by atoms with van der Waals surface area (Å²) in [6.45, 7) is 6.57. The van der Waals surface area contributed by atoms with Crippen molar-refractivity contribution in [2.75, 3.05) is 26.3 Å². The Kier molecular flexibility index (Phi) is 6.65. The van der Waals surface area contributed by atoms with Gasteiger partial charge in [0.15, 0.2) is 5.76 Å². The van der Waals surface area contributed by atoms with Crippen LogP contribution in [0.4, 0.5) is 0 Å². The molecule has 1 aliphatic heterocycles. The number of likely N-dealkylation sites (tertiary alicyclic amines) is 1. The molecule has 128 valence electrons. The zero-order valence-electron chi connectivity index (χ0n) is 13.9. The summed E-state index contributed by atoms with van der Waals surface area (Å²) in [5, 5.41) is 3.02. The van der Waals surface area contributed by atoms with E-state index >= 15 is 0 Å². The van der Waals surface area contributed by atoms with Gasteiger partial charge in [-0.3, -0.25) is 9.59 Å². The lowest BCUT2D eigenvalue weighted by molar-refractivity contribution is -0.123. The van der Waals surface area contributed by atoms with E-state index in [1.165, 1.54) is 6.26 Å². The van der Waals surface area contributed by atoms with Crippen LogP contribution >= 0.6 is 0 Å². The number of nitrogens with zero attached hydrogens (tertiary/aromatic N) is 1. The lowest BCUT2D eigenvalue weighted by Crippen LogP contribution is -2.46. The molecule has 2 rings (SSSR count). The van der Waals surface area contributed by atoms with Crippen molar-refractivity contribution >= 4 is 11.8 Å². The van der Waals surface area contributed by atoms with E-state index in [-0.39, 0.29) is 17.9 Å². The number of amides is 2. The number of carbonyl (C=O) groups is 2. The van der Waals surface area contributed by atoms with E-state index in [0.717, 1.165) is 12.8 Å². The molecule has 1 fully saturated rings. The molecule has 1 N–H and O–H groups in total. The molecule has 6 heteroatoms. The maximum Gasteiger partial charge on any atom is 0.289 e. The van der Waals surface area contributed by atoms with Crippen LogP contribution in [0.5, 0.6) is 0 Å². The Labute approximate surface area is 137 Å². The van der Waals surface area contributed by atoms with Crippen LogP contribution in [0.25, 0.3) is 0 Å². The van der Waals surface area contributed by atoms with E-state index in [1.807, 2.05) is 0 Å². The molecule has 2 amide bonds. The molecule has 23 heavy (non-hydrogen) atoms. The smallest absolute Gasteiger partial charge is 0.289 e. The Morgan fingerprint density at radius 1 is 1.39 bits per heavy atom. The number of hydrogen-bond donors (Lipinski definition) is 1. The maximum absolute atomic E-state index is 12.1. The summed E-state index contributed by atoms with van der Waals surface area (Å²) in [5.74, 6) is 0.787. The Morgan fingerprint density at radius 2 is 2.13 bits per heavy atom. The number of carbonyl (C=O) groups excluding carboxylic acids is 2. The van der Waals surface area contributed by atoms with Gasteiger partial charge in [-0.25, -0.2) is 0 Å². The molecular weight excluding hydrogens is 296 g/mol. The molecule has 6 nitrogen and oxygen atoms in total. The topological polar surface area (TPSA) is 71.8 Å². The summed E-state index contributed by atoms with van der Waals surface area (Å²) in [7, 11) is 0. The second-order valence-electron chi connectivity index (χ2n) is 6.33. The van der Waals surface area contributed by atoms with Crippen molar-refractivity contribution in [3.63, 3.8) is 0 Å². The van der Waals surface area contributed by atoms with Gasteiger partial charge in [0, 0.05) is 32.2 Å². The van der Waals surface area contributed by atoms with Crippen LogP contribution in [0.1, 0.15) is 43.7 Å². The van der Waals surface area contributed by atoms with Crippen LogP contribution in [0.3, 0.4) is 0 Å². The number of rotatable bonds is 7. The summed E-state index contributed by atoms with van der Waals surface area (Å²) in [4.78, 5) is 25.8. The van der Waals surface area contributed by atoms with Gasteiger partial charge < -0.3 is 19.4 Å². The summed E-state index contributed by atoms with van der Waals surface area (Å²) < 4.78 is 10.6. The first-order chi connectivity index (χ1) is 11.1. The molecule has 0 aromatic carbocycles. The molecule has 1 aromatic heterocycles. The maximum atomic E-state index is 12.1. The molecule has 0 atom stereocenters. The lowest BCUT2D eigenvalue weighted by atomic mass is 10.0. The highest BCUT2D eigenvalue weighted by Gasteiger charge is 2.25. The molecule has 0 unspecified atom stereocenters.